The quantitative estimate of drug-likeness (QED) is 0.645. The Morgan fingerprint density at radius 1 is 1.07 bits per heavy atom. The van der Waals surface area contributed by atoms with E-state index in [0.29, 0.717) is 13.2 Å². The number of carbonyl (C=O) groups is 2. The molecule has 7 nitrogen and oxygen atoms in total. The summed E-state index contributed by atoms with van der Waals surface area (Å²) in [6.07, 6.45) is 3.09. The van der Waals surface area contributed by atoms with Crippen molar-refractivity contribution in [2.75, 3.05) is 26.2 Å². The lowest BCUT2D eigenvalue weighted by atomic mass is 10.0. The van der Waals surface area contributed by atoms with Gasteiger partial charge in [-0.1, -0.05) is 30.3 Å². The van der Waals surface area contributed by atoms with Crippen LogP contribution in [0, 0.1) is 0 Å². The zero-order valence-corrected chi connectivity index (χ0v) is 17.9. The van der Waals surface area contributed by atoms with Gasteiger partial charge in [0.15, 0.2) is 0 Å². The molecular weight excluding hydrogens is 370 g/mol. The fourth-order valence-corrected chi connectivity index (χ4v) is 3.20. The van der Waals surface area contributed by atoms with E-state index in [9.17, 15) is 9.59 Å². The van der Waals surface area contributed by atoms with Crippen molar-refractivity contribution in [1.29, 1.82) is 0 Å². The van der Waals surface area contributed by atoms with Crippen LogP contribution in [0.3, 0.4) is 0 Å². The number of amides is 2. The van der Waals surface area contributed by atoms with Crippen molar-refractivity contribution in [2.45, 2.75) is 64.7 Å². The molecule has 0 atom stereocenters. The molecule has 0 bridgehead atoms. The number of ether oxygens (including phenoxy) is 2. The minimum atomic E-state index is -0.465. The number of likely N-dealkylation sites (tertiary alicyclic amines) is 1. The fraction of sp³-hybridized carbons (Fsp3) is 0.636. The number of alkyl carbamates (subject to hydrolysis) is 2. The number of benzene rings is 1. The smallest absolute Gasteiger partial charge is 0.407 e. The number of carbonyl (C=O) groups excluding carboxylic acids is 2. The highest BCUT2D eigenvalue weighted by Gasteiger charge is 2.23. The van der Waals surface area contributed by atoms with Gasteiger partial charge < -0.3 is 25.0 Å². The Kier molecular flexibility index (Phi) is 9.25. The summed E-state index contributed by atoms with van der Waals surface area (Å²) in [6, 6.07) is 9.82. The number of hydrogen-bond acceptors (Lipinski definition) is 5. The molecule has 1 aromatic carbocycles. The maximum atomic E-state index is 11.8. The Hall–Kier alpha value is -2.28. The minimum absolute atomic E-state index is 0.183. The van der Waals surface area contributed by atoms with E-state index in [4.69, 9.17) is 9.47 Å². The van der Waals surface area contributed by atoms with Crippen molar-refractivity contribution in [3.05, 3.63) is 35.9 Å². The van der Waals surface area contributed by atoms with Gasteiger partial charge in [-0.15, -0.1) is 0 Å². The van der Waals surface area contributed by atoms with E-state index in [0.717, 1.165) is 50.9 Å². The molecule has 1 aliphatic heterocycles. The lowest BCUT2D eigenvalue weighted by Gasteiger charge is -2.32. The third-order valence-corrected chi connectivity index (χ3v) is 4.69. The number of piperidine rings is 1. The average molecular weight is 406 g/mol. The van der Waals surface area contributed by atoms with E-state index < -0.39 is 5.60 Å². The van der Waals surface area contributed by atoms with E-state index in [-0.39, 0.29) is 18.2 Å². The van der Waals surface area contributed by atoms with Crippen molar-refractivity contribution in [3.8, 4) is 0 Å². The Balaban J connectivity index is 1.48. The first-order valence-electron chi connectivity index (χ1n) is 10.5. The Labute approximate surface area is 174 Å². The Bertz CT molecular complexity index is 623. The summed E-state index contributed by atoms with van der Waals surface area (Å²) in [7, 11) is 0. The molecule has 1 fully saturated rings. The van der Waals surface area contributed by atoms with E-state index >= 15 is 0 Å². The van der Waals surface area contributed by atoms with Crippen molar-refractivity contribution < 1.29 is 19.1 Å². The van der Waals surface area contributed by atoms with E-state index in [2.05, 4.69) is 15.5 Å². The molecule has 1 aliphatic rings. The van der Waals surface area contributed by atoms with E-state index in [1.54, 1.807) is 0 Å². The lowest BCUT2D eigenvalue weighted by molar-refractivity contribution is 0.0478. The van der Waals surface area contributed by atoms with Crippen LogP contribution >= 0.6 is 0 Å². The van der Waals surface area contributed by atoms with Gasteiger partial charge in [0.25, 0.3) is 0 Å². The second-order valence-corrected chi connectivity index (χ2v) is 8.46. The van der Waals surface area contributed by atoms with Gasteiger partial charge in [-0.05, 0) is 58.6 Å². The number of hydrogen-bond donors (Lipinski definition) is 2. The highest BCUT2D eigenvalue weighted by atomic mass is 16.6. The molecule has 29 heavy (non-hydrogen) atoms. The average Bonchev–Trinajstić information content (AvgIpc) is 2.67. The molecule has 0 aromatic heterocycles. The molecule has 0 unspecified atom stereocenters. The summed E-state index contributed by atoms with van der Waals surface area (Å²) < 4.78 is 10.5. The molecule has 1 heterocycles. The summed E-state index contributed by atoms with van der Waals surface area (Å²) in [4.78, 5) is 26.0. The Morgan fingerprint density at radius 2 is 1.76 bits per heavy atom. The van der Waals surface area contributed by atoms with Crippen molar-refractivity contribution in [3.63, 3.8) is 0 Å². The van der Waals surface area contributed by atoms with Crippen LogP contribution < -0.4 is 10.6 Å². The zero-order valence-electron chi connectivity index (χ0n) is 17.9. The van der Waals surface area contributed by atoms with Crippen LogP contribution in [-0.4, -0.2) is 54.9 Å². The number of rotatable bonds is 8. The summed E-state index contributed by atoms with van der Waals surface area (Å²) >= 11 is 0. The van der Waals surface area contributed by atoms with Crippen LogP contribution in [0.15, 0.2) is 30.3 Å². The van der Waals surface area contributed by atoms with Gasteiger partial charge in [-0.3, -0.25) is 0 Å². The molecule has 0 aliphatic carbocycles. The van der Waals surface area contributed by atoms with Gasteiger partial charge in [0.1, 0.15) is 12.2 Å². The maximum Gasteiger partial charge on any atom is 0.407 e. The molecule has 1 aromatic rings. The maximum absolute atomic E-state index is 11.8. The van der Waals surface area contributed by atoms with Gasteiger partial charge >= 0.3 is 12.2 Å². The van der Waals surface area contributed by atoms with Gasteiger partial charge in [0.2, 0.25) is 0 Å². The van der Waals surface area contributed by atoms with Crippen molar-refractivity contribution >= 4 is 12.2 Å². The molecule has 0 spiro atoms. The van der Waals surface area contributed by atoms with Gasteiger partial charge in [0.05, 0.1) is 0 Å². The first-order valence-corrected chi connectivity index (χ1v) is 10.5. The fourth-order valence-electron chi connectivity index (χ4n) is 3.20. The summed E-state index contributed by atoms with van der Waals surface area (Å²) in [6.45, 7) is 9.44. The normalized spacial score (nSPS) is 15.6. The zero-order chi connectivity index (χ0) is 21.1. The second-order valence-electron chi connectivity index (χ2n) is 8.46. The highest BCUT2D eigenvalue weighted by Crippen LogP contribution is 2.13. The van der Waals surface area contributed by atoms with E-state index in [1.807, 2.05) is 51.1 Å². The monoisotopic (exact) mass is 405 g/mol. The Morgan fingerprint density at radius 3 is 2.41 bits per heavy atom. The SMILES string of the molecule is CC(C)(C)OC(=O)NC1CCN(CCCCNC(=O)OCc2ccccc2)CC1. The van der Waals surface area contributed by atoms with Crippen molar-refractivity contribution in [2.24, 2.45) is 0 Å². The van der Waals surface area contributed by atoms with Gasteiger partial charge in [-0.25, -0.2) is 9.59 Å². The first-order chi connectivity index (χ1) is 13.8. The second kappa shape index (κ2) is 11.7. The molecule has 0 radical (unpaired) electrons. The third kappa shape index (κ3) is 10.2. The summed E-state index contributed by atoms with van der Waals surface area (Å²) in [5.74, 6) is 0. The van der Waals surface area contributed by atoms with Crippen LogP contribution in [-0.2, 0) is 16.1 Å². The van der Waals surface area contributed by atoms with Gasteiger partial charge in [-0.2, -0.15) is 0 Å². The molecule has 0 saturated carbocycles. The summed E-state index contributed by atoms with van der Waals surface area (Å²) in [5, 5.41) is 5.76. The van der Waals surface area contributed by atoms with Gasteiger partial charge in [0, 0.05) is 25.7 Å². The predicted octanol–water partition coefficient (Wildman–Crippen LogP) is 3.68. The van der Waals surface area contributed by atoms with Crippen LogP contribution in [0.4, 0.5) is 9.59 Å². The third-order valence-electron chi connectivity index (χ3n) is 4.69. The predicted molar refractivity (Wildman–Crippen MR) is 113 cm³/mol. The largest absolute Gasteiger partial charge is 0.445 e. The molecule has 2 N–H and O–H groups in total. The topological polar surface area (TPSA) is 79.9 Å². The molecule has 2 amide bonds. The van der Waals surface area contributed by atoms with Crippen LogP contribution in [0.2, 0.25) is 0 Å². The molecular formula is C22H35N3O4. The molecule has 2 rings (SSSR count). The standard InChI is InChI=1S/C22H35N3O4/c1-22(2,3)29-21(27)24-19-11-15-25(16-12-19)14-8-7-13-23-20(26)28-17-18-9-5-4-6-10-18/h4-6,9-10,19H,7-8,11-17H2,1-3H3,(H,23,26)(H,24,27). The van der Waals surface area contributed by atoms with Crippen LogP contribution in [0.5, 0.6) is 0 Å². The summed E-state index contributed by atoms with van der Waals surface area (Å²) in [5.41, 5.74) is 0.513. The van der Waals surface area contributed by atoms with Crippen LogP contribution in [0.25, 0.3) is 0 Å². The first kappa shape index (κ1) is 23.0. The molecule has 162 valence electrons. The number of nitrogens with one attached hydrogen (secondary N) is 2. The highest BCUT2D eigenvalue weighted by molar-refractivity contribution is 5.68. The lowest BCUT2D eigenvalue weighted by Crippen LogP contribution is -2.46. The van der Waals surface area contributed by atoms with Crippen LogP contribution in [0.1, 0.15) is 52.0 Å². The number of nitrogens with zero attached hydrogens (tertiary/aromatic N) is 1. The molecule has 7 heteroatoms. The van der Waals surface area contributed by atoms with E-state index in [1.165, 1.54) is 0 Å². The minimum Gasteiger partial charge on any atom is -0.445 e. The number of unbranched alkanes of at least 4 members (excludes halogenated alkanes) is 1. The molecule has 1 saturated heterocycles. The van der Waals surface area contributed by atoms with Crippen molar-refractivity contribution in [1.82, 2.24) is 15.5 Å².